The number of carboxylic acids is 1. The summed E-state index contributed by atoms with van der Waals surface area (Å²) in [4.78, 5) is 46.3. The van der Waals surface area contributed by atoms with Crippen molar-refractivity contribution in [3.05, 3.63) is 71.3 Å². The third-order valence-corrected chi connectivity index (χ3v) is 5.23. The summed E-state index contributed by atoms with van der Waals surface area (Å²) in [6.07, 6.45) is 0.617. The van der Waals surface area contributed by atoms with Gasteiger partial charge in [-0.1, -0.05) is 54.6 Å². The number of benzene rings is 2. The number of nitrogens with one attached hydrogen (secondary N) is 3. The van der Waals surface area contributed by atoms with Crippen molar-refractivity contribution in [3.63, 3.8) is 0 Å². The van der Waals surface area contributed by atoms with Crippen LogP contribution in [-0.4, -0.2) is 55.2 Å². The molecule has 4 N–H and O–H groups in total. The standard InChI is InChI=1S/C24H25N3O6/c1-15(23(30)31)10-11-25-21(28)12-26-22(29)13-27-24(32)33-14-20-18-8-4-2-6-16(18)17-7-3-5-9-19(17)20/h2-10,20H,11-14H2,1H3,(H,25,28)(H,26,29)(H,27,32)(H,30,31)/b15-10+. The number of amides is 3. The number of aliphatic carboxylic acids is 1. The number of alkyl carbamates (subject to hydrolysis) is 1. The molecule has 0 fully saturated rings. The molecule has 33 heavy (non-hydrogen) atoms. The zero-order valence-electron chi connectivity index (χ0n) is 18.1. The minimum absolute atomic E-state index is 0.0326. The van der Waals surface area contributed by atoms with Crippen LogP contribution in [0.4, 0.5) is 4.79 Å². The summed E-state index contributed by atoms with van der Waals surface area (Å²) in [5.74, 6) is -2.20. The highest BCUT2D eigenvalue weighted by Gasteiger charge is 2.29. The summed E-state index contributed by atoms with van der Waals surface area (Å²) in [7, 11) is 0. The van der Waals surface area contributed by atoms with Crippen LogP contribution in [0.1, 0.15) is 24.0 Å². The molecule has 0 saturated carbocycles. The summed E-state index contributed by atoms with van der Waals surface area (Å²) in [6.45, 7) is 0.927. The van der Waals surface area contributed by atoms with Gasteiger partial charge in [0.2, 0.25) is 11.8 Å². The molecule has 0 aromatic heterocycles. The third kappa shape index (κ3) is 6.19. The molecule has 9 nitrogen and oxygen atoms in total. The quantitative estimate of drug-likeness (QED) is 0.430. The first kappa shape index (κ1) is 23.5. The zero-order valence-corrected chi connectivity index (χ0v) is 18.1. The lowest BCUT2D eigenvalue weighted by Crippen LogP contribution is -2.42. The number of carboxylic acid groups (broad SMARTS) is 1. The molecule has 1 aliphatic carbocycles. The van der Waals surface area contributed by atoms with Crippen molar-refractivity contribution in [2.24, 2.45) is 0 Å². The van der Waals surface area contributed by atoms with Gasteiger partial charge < -0.3 is 25.8 Å². The Balaban J connectivity index is 1.40. The Kier molecular flexibility index (Phi) is 7.80. The fraction of sp³-hybridized carbons (Fsp3) is 0.250. The molecular formula is C24H25N3O6. The van der Waals surface area contributed by atoms with Crippen LogP contribution in [0, 0.1) is 0 Å². The first-order valence-electron chi connectivity index (χ1n) is 10.4. The Bertz CT molecular complexity index is 1050. The lowest BCUT2D eigenvalue weighted by molar-refractivity contribution is -0.132. The van der Waals surface area contributed by atoms with Crippen LogP contribution < -0.4 is 16.0 Å². The minimum Gasteiger partial charge on any atom is -0.478 e. The predicted molar refractivity (Wildman–Crippen MR) is 120 cm³/mol. The number of hydrogen-bond donors (Lipinski definition) is 4. The van der Waals surface area contributed by atoms with Gasteiger partial charge in [0.15, 0.2) is 0 Å². The van der Waals surface area contributed by atoms with Gasteiger partial charge in [0.25, 0.3) is 0 Å². The highest BCUT2D eigenvalue weighted by molar-refractivity contribution is 5.88. The fourth-order valence-electron chi connectivity index (χ4n) is 3.51. The van der Waals surface area contributed by atoms with Crippen molar-refractivity contribution < 1.29 is 29.0 Å². The van der Waals surface area contributed by atoms with Gasteiger partial charge in [-0.3, -0.25) is 9.59 Å². The van der Waals surface area contributed by atoms with E-state index in [9.17, 15) is 19.2 Å². The largest absolute Gasteiger partial charge is 0.478 e. The normalized spacial score (nSPS) is 12.3. The van der Waals surface area contributed by atoms with Crippen molar-refractivity contribution >= 4 is 23.9 Å². The van der Waals surface area contributed by atoms with Crippen LogP contribution in [-0.2, 0) is 19.1 Å². The second-order valence-corrected chi connectivity index (χ2v) is 7.45. The van der Waals surface area contributed by atoms with Crippen molar-refractivity contribution in [2.75, 3.05) is 26.2 Å². The maximum atomic E-state index is 12.1. The average Bonchev–Trinajstić information content (AvgIpc) is 3.13. The van der Waals surface area contributed by atoms with E-state index in [1.165, 1.54) is 13.0 Å². The molecule has 9 heteroatoms. The van der Waals surface area contributed by atoms with Gasteiger partial charge in [-0.25, -0.2) is 9.59 Å². The summed E-state index contributed by atoms with van der Waals surface area (Å²) in [5.41, 5.74) is 4.51. The Morgan fingerprint density at radius 3 is 2.03 bits per heavy atom. The van der Waals surface area contributed by atoms with E-state index in [1.54, 1.807) is 0 Å². The molecule has 0 saturated heterocycles. The molecule has 0 radical (unpaired) electrons. The number of fused-ring (bicyclic) bond motifs is 3. The maximum absolute atomic E-state index is 12.1. The van der Waals surface area contributed by atoms with E-state index in [2.05, 4.69) is 16.0 Å². The van der Waals surface area contributed by atoms with E-state index in [4.69, 9.17) is 9.84 Å². The monoisotopic (exact) mass is 451 g/mol. The molecule has 1 aliphatic rings. The van der Waals surface area contributed by atoms with E-state index in [-0.39, 0.29) is 37.7 Å². The molecule has 2 aromatic rings. The first-order valence-corrected chi connectivity index (χ1v) is 10.4. The Morgan fingerprint density at radius 2 is 1.42 bits per heavy atom. The third-order valence-electron chi connectivity index (χ3n) is 5.23. The van der Waals surface area contributed by atoms with Gasteiger partial charge >= 0.3 is 12.1 Å². The fourth-order valence-corrected chi connectivity index (χ4v) is 3.51. The molecule has 0 spiro atoms. The topological polar surface area (TPSA) is 134 Å². The van der Waals surface area contributed by atoms with Gasteiger partial charge in [0.1, 0.15) is 13.2 Å². The average molecular weight is 451 g/mol. The highest BCUT2D eigenvalue weighted by atomic mass is 16.5. The Labute approximate surface area is 190 Å². The molecule has 2 aromatic carbocycles. The van der Waals surface area contributed by atoms with E-state index in [1.807, 2.05) is 48.5 Å². The van der Waals surface area contributed by atoms with E-state index in [0.29, 0.717) is 0 Å². The minimum atomic E-state index is -1.07. The lowest BCUT2D eigenvalue weighted by atomic mass is 9.98. The molecule has 3 rings (SSSR count). The molecule has 172 valence electrons. The van der Waals surface area contributed by atoms with Gasteiger partial charge in [-0.15, -0.1) is 0 Å². The summed E-state index contributed by atoms with van der Waals surface area (Å²) < 4.78 is 5.35. The Hall–Kier alpha value is -4.14. The van der Waals surface area contributed by atoms with Crippen LogP contribution >= 0.6 is 0 Å². The van der Waals surface area contributed by atoms with E-state index < -0.39 is 23.9 Å². The van der Waals surface area contributed by atoms with Crippen molar-refractivity contribution in [3.8, 4) is 11.1 Å². The second kappa shape index (κ2) is 10.9. The van der Waals surface area contributed by atoms with Crippen LogP contribution in [0.5, 0.6) is 0 Å². The zero-order chi connectivity index (χ0) is 23.8. The van der Waals surface area contributed by atoms with E-state index >= 15 is 0 Å². The number of carbonyl (C=O) groups is 4. The van der Waals surface area contributed by atoms with Crippen molar-refractivity contribution in [2.45, 2.75) is 12.8 Å². The van der Waals surface area contributed by atoms with E-state index in [0.717, 1.165) is 22.3 Å². The summed E-state index contributed by atoms with van der Waals surface area (Å²) >= 11 is 0. The first-order chi connectivity index (χ1) is 15.9. The second-order valence-electron chi connectivity index (χ2n) is 7.45. The number of carbonyl (C=O) groups excluding carboxylic acids is 3. The van der Waals surface area contributed by atoms with Gasteiger partial charge in [0.05, 0.1) is 6.54 Å². The van der Waals surface area contributed by atoms with Crippen LogP contribution in [0.2, 0.25) is 0 Å². The SMILES string of the molecule is C/C(=C\CNC(=O)CNC(=O)CNC(=O)OCC1c2ccccc2-c2ccccc21)C(=O)O. The molecule has 0 aliphatic heterocycles. The van der Waals surface area contributed by atoms with Crippen molar-refractivity contribution in [1.82, 2.24) is 16.0 Å². The van der Waals surface area contributed by atoms with Crippen molar-refractivity contribution in [1.29, 1.82) is 0 Å². The predicted octanol–water partition coefficient (Wildman–Crippen LogP) is 1.79. The summed E-state index contributed by atoms with van der Waals surface area (Å²) in [6, 6.07) is 15.9. The van der Waals surface area contributed by atoms with Gasteiger partial charge in [0, 0.05) is 18.0 Å². The lowest BCUT2D eigenvalue weighted by Gasteiger charge is -2.14. The number of rotatable bonds is 9. The van der Waals surface area contributed by atoms with Gasteiger partial charge in [-0.05, 0) is 29.2 Å². The number of ether oxygens (including phenoxy) is 1. The molecular weight excluding hydrogens is 426 g/mol. The molecule has 3 amide bonds. The summed E-state index contributed by atoms with van der Waals surface area (Å²) in [5, 5.41) is 15.9. The van der Waals surface area contributed by atoms with Crippen LogP contribution in [0.25, 0.3) is 11.1 Å². The van der Waals surface area contributed by atoms with Crippen LogP contribution in [0.15, 0.2) is 60.2 Å². The van der Waals surface area contributed by atoms with Crippen LogP contribution in [0.3, 0.4) is 0 Å². The Morgan fingerprint density at radius 1 is 0.879 bits per heavy atom. The molecule has 0 bridgehead atoms. The molecule has 0 unspecified atom stereocenters. The van der Waals surface area contributed by atoms with Gasteiger partial charge in [-0.2, -0.15) is 0 Å². The maximum Gasteiger partial charge on any atom is 0.407 e. The highest BCUT2D eigenvalue weighted by Crippen LogP contribution is 2.44. The number of hydrogen-bond acceptors (Lipinski definition) is 5. The smallest absolute Gasteiger partial charge is 0.407 e. The molecule has 0 atom stereocenters. The molecule has 0 heterocycles.